The summed E-state index contributed by atoms with van der Waals surface area (Å²) < 4.78 is 38.1. The third-order valence-corrected chi connectivity index (χ3v) is 2.64. The summed E-state index contributed by atoms with van der Waals surface area (Å²) in [6.45, 7) is -0.0104. The van der Waals surface area contributed by atoms with Crippen LogP contribution in [0.25, 0.3) is 0 Å². The maximum absolute atomic E-state index is 12.4. The molecule has 1 aliphatic rings. The first-order valence-corrected chi connectivity index (χ1v) is 4.69. The summed E-state index contributed by atoms with van der Waals surface area (Å²) in [5.41, 5.74) is 0. The molecule has 0 aromatic heterocycles. The molecule has 0 radical (unpaired) electrons. The van der Waals surface area contributed by atoms with Gasteiger partial charge >= 0.3 is 0 Å². The molecule has 0 saturated carbocycles. The minimum absolute atomic E-state index is 0.0104. The van der Waals surface area contributed by atoms with Gasteiger partial charge < -0.3 is 0 Å². The van der Waals surface area contributed by atoms with Crippen molar-refractivity contribution in [1.29, 1.82) is 0 Å². The van der Waals surface area contributed by atoms with E-state index in [0.717, 1.165) is 0 Å². The van der Waals surface area contributed by atoms with Crippen LogP contribution in [-0.2, 0) is 14.3 Å². The van der Waals surface area contributed by atoms with E-state index in [0.29, 0.717) is 0 Å². The zero-order chi connectivity index (χ0) is 7.61. The summed E-state index contributed by atoms with van der Waals surface area (Å²) in [5.74, 6) is -0.186. The van der Waals surface area contributed by atoms with Gasteiger partial charge in [-0.2, -0.15) is 8.42 Å². The number of halogens is 1. The monoisotopic (exact) mass is 168 g/mol. The van der Waals surface area contributed by atoms with Gasteiger partial charge in [-0.3, -0.25) is 4.18 Å². The molecule has 0 aromatic carbocycles. The number of hydrogen-bond donors (Lipinski definition) is 0. The summed E-state index contributed by atoms with van der Waals surface area (Å²) in [6, 6.07) is 0. The zero-order valence-electron chi connectivity index (χ0n) is 5.42. The third-order valence-electron chi connectivity index (χ3n) is 1.38. The molecule has 0 aliphatic carbocycles. The molecule has 5 heteroatoms. The molecule has 1 heterocycles. The van der Waals surface area contributed by atoms with E-state index in [1.807, 2.05) is 0 Å². The highest BCUT2D eigenvalue weighted by Gasteiger charge is 2.20. The van der Waals surface area contributed by atoms with E-state index in [1.165, 1.54) is 0 Å². The van der Waals surface area contributed by atoms with E-state index < -0.39 is 16.3 Å². The molecule has 0 spiro atoms. The molecule has 1 saturated heterocycles. The molecule has 10 heavy (non-hydrogen) atoms. The molecule has 3 nitrogen and oxygen atoms in total. The quantitative estimate of drug-likeness (QED) is 0.494. The summed E-state index contributed by atoms with van der Waals surface area (Å²) in [7, 11) is -3.39. The lowest BCUT2D eigenvalue weighted by Crippen LogP contribution is -2.07. The zero-order valence-corrected chi connectivity index (χ0v) is 6.23. The van der Waals surface area contributed by atoms with Crippen LogP contribution in [0.15, 0.2) is 0 Å². The first-order valence-electron chi connectivity index (χ1n) is 3.11. The van der Waals surface area contributed by atoms with Crippen LogP contribution in [0, 0.1) is 0 Å². The second kappa shape index (κ2) is 2.84. The molecule has 1 aliphatic heterocycles. The molecule has 0 amide bonds. The average molecular weight is 168 g/mol. The highest BCUT2D eigenvalue weighted by atomic mass is 32.2. The van der Waals surface area contributed by atoms with Crippen molar-refractivity contribution in [1.82, 2.24) is 0 Å². The molecule has 0 bridgehead atoms. The number of hydrogen-bond acceptors (Lipinski definition) is 3. The Morgan fingerprint density at radius 3 is 2.80 bits per heavy atom. The van der Waals surface area contributed by atoms with Gasteiger partial charge in [0, 0.05) is 6.42 Å². The second-order valence-electron chi connectivity index (χ2n) is 2.26. The van der Waals surface area contributed by atoms with Crippen LogP contribution in [0.3, 0.4) is 0 Å². The largest absolute Gasteiger partial charge is 0.270 e. The van der Waals surface area contributed by atoms with Gasteiger partial charge in [-0.15, -0.1) is 0 Å². The fourth-order valence-corrected chi connectivity index (χ4v) is 1.79. The van der Waals surface area contributed by atoms with Crippen molar-refractivity contribution in [3.05, 3.63) is 0 Å². The highest BCUT2D eigenvalue weighted by Crippen LogP contribution is 2.12. The molecular formula is C5H9FO3S. The molecule has 1 fully saturated rings. The van der Waals surface area contributed by atoms with Crippen molar-refractivity contribution in [2.45, 2.75) is 19.0 Å². The minimum atomic E-state index is -3.39. The van der Waals surface area contributed by atoms with E-state index in [2.05, 4.69) is 4.18 Å². The van der Waals surface area contributed by atoms with Gasteiger partial charge in [-0.05, 0) is 6.42 Å². The summed E-state index contributed by atoms with van der Waals surface area (Å²) in [5, 5.41) is 0. The van der Waals surface area contributed by atoms with Crippen LogP contribution in [0.5, 0.6) is 0 Å². The van der Waals surface area contributed by atoms with Gasteiger partial charge in [0.25, 0.3) is 10.1 Å². The Hall–Kier alpha value is -0.160. The van der Waals surface area contributed by atoms with Crippen LogP contribution in [-0.4, -0.2) is 26.9 Å². The van der Waals surface area contributed by atoms with Gasteiger partial charge in [0.15, 0.2) is 0 Å². The topological polar surface area (TPSA) is 43.4 Å². The fourth-order valence-electron chi connectivity index (χ4n) is 0.778. The Kier molecular flexibility index (Phi) is 2.25. The average Bonchev–Trinajstić information content (AvgIpc) is 1.94. The van der Waals surface area contributed by atoms with Crippen LogP contribution >= 0.6 is 0 Å². The van der Waals surface area contributed by atoms with Gasteiger partial charge in [0.05, 0.1) is 12.4 Å². The van der Waals surface area contributed by atoms with E-state index in [1.54, 1.807) is 0 Å². The van der Waals surface area contributed by atoms with Crippen LogP contribution in [0.4, 0.5) is 4.39 Å². The molecule has 0 N–H and O–H groups in total. The van der Waals surface area contributed by atoms with Crippen molar-refractivity contribution in [2.24, 2.45) is 0 Å². The summed E-state index contributed by atoms with van der Waals surface area (Å²) in [6.07, 6.45) is -0.751. The Balaban J connectivity index is 2.58. The minimum Gasteiger partial charge on any atom is -0.270 e. The predicted octanol–water partition coefficient (Wildman–Crippen LogP) is 0.465. The Bertz CT molecular complexity index is 199. The normalized spacial score (nSPS) is 33.1. The molecule has 1 rings (SSSR count). The molecule has 1 unspecified atom stereocenters. The van der Waals surface area contributed by atoms with E-state index in [-0.39, 0.29) is 25.2 Å². The molecule has 1 atom stereocenters. The van der Waals surface area contributed by atoms with Gasteiger partial charge in [-0.25, -0.2) is 4.39 Å². The molecule has 60 valence electrons. The Labute approximate surface area is 59.3 Å². The first-order chi connectivity index (χ1) is 4.60. The second-order valence-corrected chi connectivity index (χ2v) is 4.02. The Morgan fingerprint density at radius 1 is 1.40 bits per heavy atom. The van der Waals surface area contributed by atoms with E-state index in [9.17, 15) is 12.8 Å². The molecule has 0 aromatic rings. The van der Waals surface area contributed by atoms with Crippen molar-refractivity contribution in [2.75, 3.05) is 12.4 Å². The summed E-state index contributed by atoms with van der Waals surface area (Å²) in [4.78, 5) is 0. The standard InChI is InChI=1S/C5H9FO3S/c6-5-1-3-9-10(7,8)4-2-5/h5H,1-4H2. The van der Waals surface area contributed by atoms with Crippen molar-refractivity contribution < 1.29 is 17.0 Å². The van der Waals surface area contributed by atoms with Crippen LogP contribution in [0.2, 0.25) is 0 Å². The smallest absolute Gasteiger partial charge is 0.267 e. The SMILES string of the molecule is O=S1(=O)CCC(F)CCO1. The fraction of sp³-hybridized carbons (Fsp3) is 1.00. The van der Waals surface area contributed by atoms with Crippen LogP contribution in [0.1, 0.15) is 12.8 Å². The van der Waals surface area contributed by atoms with Crippen LogP contribution < -0.4 is 0 Å². The highest BCUT2D eigenvalue weighted by molar-refractivity contribution is 7.86. The third kappa shape index (κ3) is 2.22. The number of rotatable bonds is 0. The first kappa shape index (κ1) is 7.94. The van der Waals surface area contributed by atoms with Crippen molar-refractivity contribution >= 4 is 10.1 Å². The van der Waals surface area contributed by atoms with Gasteiger partial charge in [0.2, 0.25) is 0 Å². The van der Waals surface area contributed by atoms with Gasteiger partial charge in [-0.1, -0.05) is 0 Å². The van der Waals surface area contributed by atoms with Gasteiger partial charge in [0.1, 0.15) is 6.17 Å². The van der Waals surface area contributed by atoms with Crippen molar-refractivity contribution in [3.8, 4) is 0 Å². The van der Waals surface area contributed by atoms with E-state index >= 15 is 0 Å². The molecular weight excluding hydrogens is 159 g/mol. The maximum atomic E-state index is 12.4. The number of alkyl halides is 1. The lowest BCUT2D eigenvalue weighted by molar-refractivity contribution is 0.254. The maximum Gasteiger partial charge on any atom is 0.267 e. The van der Waals surface area contributed by atoms with Crippen molar-refractivity contribution in [3.63, 3.8) is 0 Å². The Morgan fingerprint density at radius 2 is 2.10 bits per heavy atom. The van der Waals surface area contributed by atoms with E-state index in [4.69, 9.17) is 0 Å². The lowest BCUT2D eigenvalue weighted by atomic mass is 10.2. The predicted molar refractivity (Wildman–Crippen MR) is 33.9 cm³/mol. The lowest BCUT2D eigenvalue weighted by Gasteiger charge is -1.96. The summed E-state index contributed by atoms with van der Waals surface area (Å²) >= 11 is 0.